The van der Waals surface area contributed by atoms with Crippen LogP contribution in [0.1, 0.15) is 10.4 Å². The van der Waals surface area contributed by atoms with Gasteiger partial charge >= 0.3 is 5.97 Å². The molecule has 1 N–H and O–H groups in total. The van der Waals surface area contributed by atoms with Crippen LogP contribution < -0.4 is 4.74 Å². The second kappa shape index (κ2) is 5.73. The maximum Gasteiger partial charge on any atom is 0.334 e. The molecule has 16 heavy (non-hydrogen) atoms. The van der Waals surface area contributed by atoms with Crippen molar-refractivity contribution in [2.45, 2.75) is 0 Å². The van der Waals surface area contributed by atoms with Crippen LogP contribution in [0.3, 0.4) is 0 Å². The van der Waals surface area contributed by atoms with Gasteiger partial charge in [-0.05, 0) is 18.2 Å². The molecule has 5 nitrogen and oxygen atoms in total. The van der Waals surface area contributed by atoms with E-state index in [-0.39, 0.29) is 11.3 Å². The molecule has 0 fully saturated rings. The first-order chi connectivity index (χ1) is 7.67. The molecule has 0 saturated carbocycles. The Balaban J connectivity index is 2.88. The molecule has 0 unspecified atom stereocenters. The molecule has 0 saturated heterocycles. The summed E-state index contributed by atoms with van der Waals surface area (Å²) in [4.78, 5) is 13.9. The van der Waals surface area contributed by atoms with Crippen molar-refractivity contribution in [2.75, 3.05) is 20.3 Å². The Morgan fingerprint density at radius 2 is 2.19 bits per heavy atom. The predicted molar refractivity (Wildman–Crippen MR) is 57.0 cm³/mol. The van der Waals surface area contributed by atoms with Gasteiger partial charge in [0, 0.05) is 7.11 Å². The molecule has 1 aromatic rings. The lowest BCUT2D eigenvalue weighted by molar-refractivity contribution is 0.0696. The summed E-state index contributed by atoms with van der Waals surface area (Å²) in [6, 6.07) is 4.18. The van der Waals surface area contributed by atoms with Crippen LogP contribution in [0.4, 0.5) is 5.69 Å². The second-order valence-corrected chi connectivity index (χ2v) is 2.97. The van der Waals surface area contributed by atoms with Gasteiger partial charge in [-0.1, -0.05) is 0 Å². The maximum absolute atomic E-state index is 10.8. The van der Waals surface area contributed by atoms with E-state index >= 15 is 0 Å². The predicted octanol–water partition coefficient (Wildman–Crippen LogP) is 1.96. The van der Waals surface area contributed by atoms with E-state index in [1.807, 2.05) is 0 Å². The van der Waals surface area contributed by atoms with E-state index in [9.17, 15) is 4.79 Å². The molecule has 5 heteroatoms. The first-order valence-corrected chi connectivity index (χ1v) is 4.55. The van der Waals surface area contributed by atoms with Crippen LogP contribution in [0.2, 0.25) is 0 Å². The quantitative estimate of drug-likeness (QED) is 0.610. The van der Waals surface area contributed by atoms with Crippen LogP contribution in [-0.2, 0) is 4.74 Å². The van der Waals surface area contributed by atoms with E-state index in [0.29, 0.717) is 19.0 Å². The molecule has 0 bridgehead atoms. The molecule has 0 aliphatic carbocycles. The van der Waals surface area contributed by atoms with Gasteiger partial charge in [0.1, 0.15) is 12.4 Å². The number of aromatic carboxylic acids is 1. The van der Waals surface area contributed by atoms with Gasteiger partial charge in [-0.25, -0.2) is 9.64 Å². The number of carbonyl (C=O) groups is 1. The molecular weight excluding hydrogens is 210 g/mol. The molecule has 0 spiro atoms. The lowest BCUT2D eigenvalue weighted by Gasteiger charge is -2.06. The zero-order chi connectivity index (χ0) is 12.0. The van der Waals surface area contributed by atoms with Crippen molar-refractivity contribution in [3.05, 3.63) is 35.2 Å². The largest absolute Gasteiger partial charge is 0.492 e. The molecular formula is C11H11NO4. The summed E-state index contributed by atoms with van der Waals surface area (Å²) >= 11 is 0. The smallest absolute Gasteiger partial charge is 0.334 e. The number of benzene rings is 1. The number of hydrogen-bond donors (Lipinski definition) is 1. The summed E-state index contributed by atoms with van der Waals surface area (Å²) in [6.07, 6.45) is 0. The number of hydrogen-bond acceptors (Lipinski definition) is 3. The Labute approximate surface area is 93.0 Å². The van der Waals surface area contributed by atoms with E-state index in [1.54, 1.807) is 7.11 Å². The highest BCUT2D eigenvalue weighted by atomic mass is 16.5. The SMILES string of the molecule is [C-]#[N+]c1cc(OCCOC)cc(C(=O)O)c1. The van der Waals surface area contributed by atoms with E-state index in [1.165, 1.54) is 18.2 Å². The van der Waals surface area contributed by atoms with E-state index < -0.39 is 5.97 Å². The summed E-state index contributed by atoms with van der Waals surface area (Å²) < 4.78 is 10.0. The molecule has 0 radical (unpaired) electrons. The summed E-state index contributed by atoms with van der Waals surface area (Å²) in [7, 11) is 1.54. The van der Waals surface area contributed by atoms with Crippen LogP contribution in [0.5, 0.6) is 5.75 Å². The lowest BCUT2D eigenvalue weighted by atomic mass is 10.2. The van der Waals surface area contributed by atoms with Crippen LogP contribution in [-0.4, -0.2) is 31.4 Å². The highest BCUT2D eigenvalue weighted by Crippen LogP contribution is 2.23. The van der Waals surface area contributed by atoms with E-state index in [0.717, 1.165) is 0 Å². The molecule has 0 heterocycles. The Kier molecular flexibility index (Phi) is 4.30. The number of rotatable bonds is 5. The third-order valence-electron chi connectivity index (χ3n) is 1.82. The molecule has 84 valence electrons. The Morgan fingerprint density at radius 3 is 2.75 bits per heavy atom. The van der Waals surface area contributed by atoms with E-state index in [2.05, 4.69) is 4.85 Å². The summed E-state index contributed by atoms with van der Waals surface area (Å²) in [5.74, 6) is -0.718. The van der Waals surface area contributed by atoms with E-state index in [4.69, 9.17) is 21.2 Å². The number of nitrogens with zero attached hydrogens (tertiary/aromatic N) is 1. The second-order valence-electron chi connectivity index (χ2n) is 2.97. The van der Waals surface area contributed by atoms with Crippen molar-refractivity contribution >= 4 is 11.7 Å². The van der Waals surface area contributed by atoms with Crippen molar-refractivity contribution in [1.82, 2.24) is 0 Å². The van der Waals surface area contributed by atoms with Crippen LogP contribution in [0.25, 0.3) is 4.85 Å². The van der Waals surface area contributed by atoms with Gasteiger partial charge in [0.05, 0.1) is 18.7 Å². The normalized spacial score (nSPS) is 9.50. The van der Waals surface area contributed by atoms with Crippen LogP contribution in [0, 0.1) is 6.57 Å². The Morgan fingerprint density at radius 1 is 1.44 bits per heavy atom. The summed E-state index contributed by atoms with van der Waals surface area (Å²) in [5, 5.41) is 8.82. The average Bonchev–Trinajstić information content (AvgIpc) is 2.29. The maximum atomic E-state index is 10.8. The van der Waals surface area contributed by atoms with Gasteiger partial charge < -0.3 is 14.6 Å². The van der Waals surface area contributed by atoms with Crippen molar-refractivity contribution in [3.8, 4) is 5.75 Å². The summed E-state index contributed by atoms with van der Waals surface area (Å²) in [6.45, 7) is 7.57. The zero-order valence-electron chi connectivity index (χ0n) is 8.77. The number of carboxylic acids is 1. The molecule has 0 amide bonds. The molecule has 0 aromatic heterocycles. The number of carboxylic acid groups (broad SMARTS) is 1. The standard InChI is InChI=1S/C11H11NO4/c1-12-9-5-8(11(13)14)6-10(7-9)16-4-3-15-2/h5-7H,3-4H2,2H3,(H,13,14). The topological polar surface area (TPSA) is 60.1 Å². The fourth-order valence-corrected chi connectivity index (χ4v) is 1.10. The van der Waals surface area contributed by atoms with Gasteiger partial charge in [-0.3, -0.25) is 0 Å². The number of ether oxygens (including phenoxy) is 2. The highest BCUT2D eigenvalue weighted by Gasteiger charge is 2.07. The van der Waals surface area contributed by atoms with Gasteiger partial charge in [0.2, 0.25) is 0 Å². The van der Waals surface area contributed by atoms with Gasteiger partial charge in [-0.15, -0.1) is 0 Å². The van der Waals surface area contributed by atoms with Crippen molar-refractivity contribution < 1.29 is 19.4 Å². The molecule has 1 aromatic carbocycles. The van der Waals surface area contributed by atoms with Gasteiger partial charge in [0.15, 0.2) is 5.69 Å². The monoisotopic (exact) mass is 221 g/mol. The van der Waals surface area contributed by atoms with Gasteiger partial charge in [0.25, 0.3) is 0 Å². The molecule has 1 rings (SSSR count). The highest BCUT2D eigenvalue weighted by molar-refractivity contribution is 5.89. The van der Waals surface area contributed by atoms with Crippen LogP contribution >= 0.6 is 0 Å². The average molecular weight is 221 g/mol. The first-order valence-electron chi connectivity index (χ1n) is 4.55. The fourth-order valence-electron chi connectivity index (χ4n) is 1.10. The molecule has 0 aliphatic rings. The molecule has 0 atom stereocenters. The summed E-state index contributed by atoms with van der Waals surface area (Å²) in [5.41, 5.74) is 0.285. The minimum atomic E-state index is -1.08. The lowest BCUT2D eigenvalue weighted by Crippen LogP contribution is -2.05. The van der Waals surface area contributed by atoms with Crippen molar-refractivity contribution in [2.24, 2.45) is 0 Å². The number of methoxy groups -OCH3 is 1. The van der Waals surface area contributed by atoms with Gasteiger partial charge in [-0.2, -0.15) is 0 Å². The third kappa shape index (κ3) is 3.26. The first kappa shape index (κ1) is 12.0. The minimum Gasteiger partial charge on any atom is -0.492 e. The third-order valence-corrected chi connectivity index (χ3v) is 1.82. The Hall–Kier alpha value is -2.06. The molecule has 0 aliphatic heterocycles. The van der Waals surface area contributed by atoms with Crippen LogP contribution in [0.15, 0.2) is 18.2 Å². The van der Waals surface area contributed by atoms with Crippen molar-refractivity contribution in [3.63, 3.8) is 0 Å². The minimum absolute atomic E-state index is 0.0425. The Bertz CT molecular complexity index is 422. The van der Waals surface area contributed by atoms with Crippen molar-refractivity contribution in [1.29, 1.82) is 0 Å². The zero-order valence-corrected chi connectivity index (χ0v) is 8.77. The fraction of sp³-hybridized carbons (Fsp3) is 0.273.